The first kappa shape index (κ1) is 22.7. The van der Waals surface area contributed by atoms with Crippen LogP contribution in [0.2, 0.25) is 0 Å². The van der Waals surface area contributed by atoms with Gasteiger partial charge in [-0.3, -0.25) is 0 Å². The van der Waals surface area contributed by atoms with Gasteiger partial charge in [0.05, 0.1) is 19.2 Å². The molecule has 1 unspecified atom stereocenters. The lowest BCUT2D eigenvalue weighted by atomic mass is 9.93. The van der Waals surface area contributed by atoms with Crippen molar-refractivity contribution in [3.63, 3.8) is 0 Å². The fourth-order valence-corrected chi connectivity index (χ4v) is 4.55. The Labute approximate surface area is 175 Å². The quantitative estimate of drug-likeness (QED) is 0.287. The van der Waals surface area contributed by atoms with Crippen molar-refractivity contribution in [2.24, 2.45) is 0 Å². The van der Waals surface area contributed by atoms with E-state index in [-0.39, 0.29) is 0 Å². The molecule has 0 bridgehead atoms. The lowest BCUT2D eigenvalue weighted by Crippen LogP contribution is -2.02. The number of methoxy groups -OCH3 is 2. The van der Waals surface area contributed by atoms with E-state index in [9.17, 15) is 0 Å². The van der Waals surface area contributed by atoms with E-state index >= 15 is 0 Å². The van der Waals surface area contributed by atoms with Crippen LogP contribution in [0.3, 0.4) is 0 Å². The summed E-state index contributed by atoms with van der Waals surface area (Å²) in [5.41, 5.74) is 1.27. The van der Waals surface area contributed by atoms with E-state index in [0.29, 0.717) is 5.92 Å². The first-order valence-corrected chi connectivity index (χ1v) is 11.8. The Morgan fingerprint density at radius 3 is 2.07 bits per heavy atom. The molecule has 0 aliphatic rings. The van der Waals surface area contributed by atoms with Crippen LogP contribution >= 0.6 is 11.3 Å². The number of aromatic nitrogens is 1. The fourth-order valence-electron chi connectivity index (χ4n) is 3.74. The largest absolute Gasteiger partial charge is 0.493 e. The van der Waals surface area contributed by atoms with Crippen molar-refractivity contribution in [2.45, 2.75) is 83.5 Å². The van der Waals surface area contributed by atoms with Crippen molar-refractivity contribution in [2.75, 3.05) is 14.2 Å². The average molecular weight is 404 g/mol. The minimum Gasteiger partial charge on any atom is -0.493 e. The normalized spacial score (nSPS) is 12.1. The van der Waals surface area contributed by atoms with Crippen LogP contribution in [0.25, 0.3) is 0 Å². The maximum atomic E-state index is 5.51. The van der Waals surface area contributed by atoms with Gasteiger partial charge in [-0.25, -0.2) is 4.98 Å². The summed E-state index contributed by atoms with van der Waals surface area (Å²) in [6.45, 7) is 2.28. The van der Waals surface area contributed by atoms with Crippen molar-refractivity contribution >= 4 is 11.3 Å². The highest BCUT2D eigenvalue weighted by molar-refractivity contribution is 7.09. The van der Waals surface area contributed by atoms with Crippen LogP contribution in [-0.2, 0) is 0 Å². The number of nitrogens with zero attached hydrogens (tertiary/aromatic N) is 1. The molecule has 0 saturated carbocycles. The number of rotatable bonds is 15. The number of benzene rings is 1. The van der Waals surface area contributed by atoms with Crippen LogP contribution in [0, 0.1) is 0 Å². The Morgan fingerprint density at radius 1 is 0.857 bits per heavy atom. The molecule has 1 atom stereocenters. The average Bonchev–Trinajstić information content (AvgIpc) is 3.26. The van der Waals surface area contributed by atoms with Gasteiger partial charge in [-0.2, -0.15) is 0 Å². The maximum absolute atomic E-state index is 5.51. The third-order valence-corrected chi connectivity index (χ3v) is 6.30. The predicted octanol–water partition coefficient (Wildman–Crippen LogP) is 7.60. The zero-order chi connectivity index (χ0) is 20.0. The standard InChI is InChI=1S/C24H37NO2S/c1-4-5-6-7-8-9-10-11-12-13-14-21(24-25-17-18-28-24)20-15-16-22(26-2)23(19-20)27-3/h15-19,21H,4-14H2,1-3H3. The summed E-state index contributed by atoms with van der Waals surface area (Å²) < 4.78 is 10.9. The molecule has 0 aliphatic carbocycles. The number of thiazole rings is 1. The second-order valence-corrected chi connectivity index (χ2v) is 8.43. The van der Waals surface area contributed by atoms with Crippen molar-refractivity contribution in [3.05, 3.63) is 40.3 Å². The third-order valence-electron chi connectivity index (χ3n) is 5.41. The van der Waals surface area contributed by atoms with Crippen LogP contribution in [0.1, 0.15) is 94.0 Å². The SMILES string of the molecule is CCCCCCCCCCCCC(c1ccc(OC)c(OC)c1)c1nccs1. The molecular formula is C24H37NO2S. The van der Waals surface area contributed by atoms with Gasteiger partial charge in [0, 0.05) is 17.5 Å². The van der Waals surface area contributed by atoms with Crippen molar-refractivity contribution in [1.82, 2.24) is 4.98 Å². The molecule has 4 heteroatoms. The monoisotopic (exact) mass is 403 g/mol. The summed E-state index contributed by atoms with van der Waals surface area (Å²) >= 11 is 1.75. The van der Waals surface area contributed by atoms with Gasteiger partial charge in [-0.1, -0.05) is 77.2 Å². The highest BCUT2D eigenvalue weighted by atomic mass is 32.1. The van der Waals surface area contributed by atoms with E-state index in [0.717, 1.165) is 17.9 Å². The van der Waals surface area contributed by atoms with Gasteiger partial charge in [0.25, 0.3) is 0 Å². The van der Waals surface area contributed by atoms with E-state index in [1.165, 1.54) is 74.8 Å². The van der Waals surface area contributed by atoms with Crippen LogP contribution in [0.4, 0.5) is 0 Å². The molecule has 1 aromatic carbocycles. The van der Waals surface area contributed by atoms with Gasteiger partial charge in [0.15, 0.2) is 11.5 Å². The Hall–Kier alpha value is -1.55. The molecule has 3 nitrogen and oxygen atoms in total. The molecule has 1 aromatic heterocycles. The summed E-state index contributed by atoms with van der Waals surface area (Å²) in [6.07, 6.45) is 16.7. The van der Waals surface area contributed by atoms with Crippen LogP contribution in [-0.4, -0.2) is 19.2 Å². The van der Waals surface area contributed by atoms with E-state index in [2.05, 4.69) is 29.4 Å². The summed E-state index contributed by atoms with van der Waals surface area (Å²) in [6, 6.07) is 6.28. The molecule has 2 aromatic rings. The zero-order valence-electron chi connectivity index (χ0n) is 17.9. The summed E-state index contributed by atoms with van der Waals surface area (Å²) in [4.78, 5) is 4.60. The smallest absolute Gasteiger partial charge is 0.161 e. The molecule has 156 valence electrons. The van der Waals surface area contributed by atoms with Gasteiger partial charge >= 0.3 is 0 Å². The van der Waals surface area contributed by atoms with Gasteiger partial charge in [0.2, 0.25) is 0 Å². The van der Waals surface area contributed by atoms with E-state index < -0.39 is 0 Å². The third kappa shape index (κ3) is 7.46. The summed E-state index contributed by atoms with van der Waals surface area (Å²) in [7, 11) is 3.38. The maximum Gasteiger partial charge on any atom is 0.161 e. The van der Waals surface area contributed by atoms with Crippen molar-refractivity contribution in [3.8, 4) is 11.5 Å². The van der Waals surface area contributed by atoms with E-state index in [1.54, 1.807) is 25.6 Å². The summed E-state index contributed by atoms with van der Waals surface area (Å²) in [5.74, 6) is 1.92. The first-order chi connectivity index (χ1) is 13.8. The van der Waals surface area contributed by atoms with Crippen molar-refractivity contribution < 1.29 is 9.47 Å². The number of unbranched alkanes of at least 4 members (excludes halogenated alkanes) is 9. The number of ether oxygens (including phenoxy) is 2. The zero-order valence-corrected chi connectivity index (χ0v) is 18.7. The molecule has 0 aliphatic heterocycles. The van der Waals surface area contributed by atoms with Gasteiger partial charge in [-0.15, -0.1) is 11.3 Å². The van der Waals surface area contributed by atoms with Crippen LogP contribution in [0.15, 0.2) is 29.8 Å². The minimum absolute atomic E-state index is 0.342. The first-order valence-electron chi connectivity index (χ1n) is 10.9. The van der Waals surface area contributed by atoms with Crippen molar-refractivity contribution in [1.29, 1.82) is 0 Å². The van der Waals surface area contributed by atoms with E-state index in [4.69, 9.17) is 9.47 Å². The molecule has 0 radical (unpaired) electrons. The lowest BCUT2D eigenvalue weighted by Gasteiger charge is -2.17. The Kier molecular flexibility index (Phi) is 11.0. The topological polar surface area (TPSA) is 31.4 Å². The molecule has 0 spiro atoms. The molecule has 2 rings (SSSR count). The van der Waals surface area contributed by atoms with Gasteiger partial charge in [0.1, 0.15) is 0 Å². The van der Waals surface area contributed by atoms with E-state index in [1.807, 2.05) is 12.3 Å². The van der Waals surface area contributed by atoms with Gasteiger partial charge < -0.3 is 9.47 Å². The highest BCUT2D eigenvalue weighted by Gasteiger charge is 2.18. The molecule has 0 amide bonds. The molecule has 0 saturated heterocycles. The highest BCUT2D eigenvalue weighted by Crippen LogP contribution is 2.36. The molecule has 28 heavy (non-hydrogen) atoms. The molecule has 1 heterocycles. The number of hydrogen-bond acceptors (Lipinski definition) is 4. The fraction of sp³-hybridized carbons (Fsp3) is 0.625. The Morgan fingerprint density at radius 2 is 1.50 bits per heavy atom. The number of hydrogen-bond donors (Lipinski definition) is 0. The lowest BCUT2D eigenvalue weighted by molar-refractivity contribution is 0.354. The van der Waals surface area contributed by atoms with Crippen LogP contribution < -0.4 is 9.47 Å². The van der Waals surface area contributed by atoms with Gasteiger partial charge in [-0.05, 0) is 24.1 Å². The van der Waals surface area contributed by atoms with Crippen LogP contribution in [0.5, 0.6) is 11.5 Å². The minimum atomic E-state index is 0.342. The second kappa shape index (κ2) is 13.6. The molecule has 0 N–H and O–H groups in total. The Bertz CT molecular complexity index is 642. The molecular weight excluding hydrogens is 366 g/mol. The molecule has 0 fully saturated rings. The second-order valence-electron chi connectivity index (χ2n) is 7.51. The summed E-state index contributed by atoms with van der Waals surface area (Å²) in [5, 5.41) is 3.27. The predicted molar refractivity (Wildman–Crippen MR) is 120 cm³/mol. The Balaban J connectivity index is 1.81.